The zero-order chi connectivity index (χ0) is 23.9. The zero-order valence-electron chi connectivity index (χ0n) is 19.3. The summed E-state index contributed by atoms with van der Waals surface area (Å²) in [7, 11) is 1.63. The largest absolute Gasteiger partial charge is 0.494 e. The number of thiocarbonyl (C=S) groups is 1. The summed E-state index contributed by atoms with van der Waals surface area (Å²) in [6.07, 6.45) is 5.34. The van der Waals surface area contributed by atoms with Crippen molar-refractivity contribution < 1.29 is 19.1 Å². The lowest BCUT2D eigenvalue weighted by molar-refractivity contribution is 0.0946. The molecule has 0 heterocycles. The first kappa shape index (κ1) is 26.3. The van der Waals surface area contributed by atoms with Gasteiger partial charge in [-0.25, -0.2) is 0 Å². The number of benzene rings is 2. The van der Waals surface area contributed by atoms with Gasteiger partial charge in [-0.1, -0.05) is 26.2 Å². The molecule has 0 aromatic heterocycles. The zero-order valence-corrected chi connectivity index (χ0v) is 20.1. The van der Waals surface area contributed by atoms with Crippen LogP contribution in [0.15, 0.2) is 48.5 Å². The van der Waals surface area contributed by atoms with Gasteiger partial charge in [0, 0.05) is 37.1 Å². The summed E-state index contributed by atoms with van der Waals surface area (Å²) in [6.45, 7) is 4.00. The lowest BCUT2D eigenvalue weighted by Crippen LogP contribution is -2.34. The molecule has 0 aliphatic rings. The Labute approximate surface area is 201 Å². The normalized spacial score (nSPS) is 10.4. The van der Waals surface area contributed by atoms with Crippen molar-refractivity contribution in [2.24, 2.45) is 0 Å². The molecule has 0 aliphatic heterocycles. The third kappa shape index (κ3) is 10.0. The second-order valence-corrected chi connectivity index (χ2v) is 7.93. The minimum absolute atomic E-state index is 0.151. The highest BCUT2D eigenvalue weighted by atomic mass is 32.1. The van der Waals surface area contributed by atoms with E-state index in [2.05, 4.69) is 22.9 Å². The fourth-order valence-corrected chi connectivity index (χ4v) is 3.19. The van der Waals surface area contributed by atoms with Crippen LogP contribution >= 0.6 is 12.2 Å². The van der Waals surface area contributed by atoms with E-state index >= 15 is 0 Å². The van der Waals surface area contributed by atoms with Crippen LogP contribution in [0.1, 0.15) is 59.7 Å². The molecule has 0 bridgehead atoms. The number of amides is 2. The molecular weight excluding hydrogens is 438 g/mol. The average Bonchev–Trinajstić information content (AvgIpc) is 2.82. The Morgan fingerprint density at radius 2 is 1.52 bits per heavy atom. The molecular formula is C25H33N3O4S. The molecule has 3 N–H and O–H groups in total. The first-order valence-electron chi connectivity index (χ1n) is 11.3. The molecule has 2 amide bonds. The third-order valence-corrected chi connectivity index (χ3v) is 5.03. The molecule has 0 aliphatic carbocycles. The molecule has 7 nitrogen and oxygen atoms in total. The molecule has 8 heteroatoms. The number of ether oxygens (including phenoxy) is 2. The van der Waals surface area contributed by atoms with Gasteiger partial charge >= 0.3 is 0 Å². The average molecular weight is 472 g/mol. The molecule has 0 fully saturated rings. The fraction of sp³-hybridized carbons (Fsp3) is 0.400. The number of rotatable bonds is 13. The van der Waals surface area contributed by atoms with Crippen molar-refractivity contribution >= 4 is 34.8 Å². The molecule has 0 atom stereocenters. The van der Waals surface area contributed by atoms with E-state index in [4.69, 9.17) is 21.7 Å². The quantitative estimate of drug-likeness (QED) is 0.294. The summed E-state index contributed by atoms with van der Waals surface area (Å²) < 4.78 is 10.7. The van der Waals surface area contributed by atoms with Crippen LogP contribution in [-0.2, 0) is 4.74 Å². The van der Waals surface area contributed by atoms with Crippen molar-refractivity contribution in [2.75, 3.05) is 32.2 Å². The number of carbonyl (C=O) groups is 2. The molecule has 0 saturated heterocycles. The number of unbranched alkanes of at least 4 members (excludes halogenated alkanes) is 3. The van der Waals surface area contributed by atoms with Gasteiger partial charge in [-0.05, 0) is 73.6 Å². The first-order valence-corrected chi connectivity index (χ1v) is 11.7. The van der Waals surface area contributed by atoms with Gasteiger partial charge in [-0.15, -0.1) is 0 Å². The van der Waals surface area contributed by atoms with Gasteiger partial charge in [0.2, 0.25) is 0 Å². The second kappa shape index (κ2) is 15.0. The van der Waals surface area contributed by atoms with Crippen LogP contribution < -0.4 is 20.7 Å². The van der Waals surface area contributed by atoms with Crippen molar-refractivity contribution in [1.29, 1.82) is 0 Å². The lowest BCUT2D eigenvalue weighted by atomic mass is 10.2. The Bertz CT molecular complexity index is 886. The summed E-state index contributed by atoms with van der Waals surface area (Å²) in [4.78, 5) is 24.5. The van der Waals surface area contributed by atoms with Gasteiger partial charge in [0.1, 0.15) is 5.75 Å². The van der Waals surface area contributed by atoms with Gasteiger partial charge in [-0.2, -0.15) is 0 Å². The third-order valence-electron chi connectivity index (χ3n) is 4.83. The summed E-state index contributed by atoms with van der Waals surface area (Å²) >= 11 is 5.24. The highest BCUT2D eigenvalue weighted by molar-refractivity contribution is 7.80. The van der Waals surface area contributed by atoms with Crippen LogP contribution in [0.2, 0.25) is 0 Å². The maximum Gasteiger partial charge on any atom is 0.257 e. The Morgan fingerprint density at radius 3 is 2.18 bits per heavy atom. The summed E-state index contributed by atoms with van der Waals surface area (Å²) in [6, 6.07) is 13.8. The number of hydrogen-bond donors (Lipinski definition) is 3. The van der Waals surface area contributed by atoms with Crippen molar-refractivity contribution in [3.8, 4) is 5.75 Å². The number of anilines is 1. The predicted octanol–water partition coefficient (Wildman–Crippen LogP) is 4.54. The molecule has 0 unspecified atom stereocenters. The number of carbonyl (C=O) groups excluding carboxylic acids is 2. The number of methoxy groups -OCH3 is 1. The van der Waals surface area contributed by atoms with E-state index in [1.807, 2.05) is 0 Å². The summed E-state index contributed by atoms with van der Waals surface area (Å²) in [5, 5.41) is 8.61. The Kier molecular flexibility index (Phi) is 11.9. The Hall–Kier alpha value is -2.97. The molecule has 2 rings (SSSR count). The minimum Gasteiger partial charge on any atom is -0.494 e. The smallest absolute Gasteiger partial charge is 0.257 e. The van der Waals surface area contributed by atoms with Gasteiger partial charge in [-0.3, -0.25) is 14.9 Å². The van der Waals surface area contributed by atoms with Gasteiger partial charge in [0.25, 0.3) is 11.8 Å². The van der Waals surface area contributed by atoms with Crippen LogP contribution in [-0.4, -0.2) is 43.8 Å². The van der Waals surface area contributed by atoms with E-state index in [9.17, 15) is 9.59 Å². The topological polar surface area (TPSA) is 88.7 Å². The maximum absolute atomic E-state index is 12.4. The number of nitrogens with one attached hydrogen (secondary N) is 3. The van der Waals surface area contributed by atoms with Crippen LogP contribution in [0.5, 0.6) is 5.75 Å². The van der Waals surface area contributed by atoms with Crippen LogP contribution in [0.25, 0.3) is 0 Å². The molecule has 0 radical (unpaired) electrons. The molecule has 2 aromatic rings. The highest BCUT2D eigenvalue weighted by Crippen LogP contribution is 2.14. The van der Waals surface area contributed by atoms with Gasteiger partial charge < -0.3 is 20.1 Å². The summed E-state index contributed by atoms with van der Waals surface area (Å²) in [5.74, 6) is 0.280. The van der Waals surface area contributed by atoms with E-state index in [0.717, 1.165) is 25.0 Å². The standard InChI is InChI=1S/C25H33N3O4S/c1-3-4-5-6-18-32-22-14-10-20(11-15-22)24(30)28-25(33)27-21-12-8-19(9-13-21)23(29)26-16-7-17-31-2/h8-15H,3-7,16-18H2,1-2H3,(H,26,29)(H2,27,28,30,33). The van der Waals surface area contributed by atoms with Gasteiger partial charge in [0.15, 0.2) is 5.11 Å². The van der Waals surface area contributed by atoms with Crippen molar-refractivity contribution in [3.63, 3.8) is 0 Å². The van der Waals surface area contributed by atoms with E-state index < -0.39 is 0 Å². The van der Waals surface area contributed by atoms with E-state index in [1.54, 1.807) is 55.6 Å². The summed E-state index contributed by atoms with van der Waals surface area (Å²) in [5.41, 5.74) is 1.70. The van der Waals surface area contributed by atoms with Crippen LogP contribution in [0.3, 0.4) is 0 Å². The highest BCUT2D eigenvalue weighted by Gasteiger charge is 2.09. The Balaban J connectivity index is 1.77. The van der Waals surface area contributed by atoms with E-state index in [0.29, 0.717) is 36.6 Å². The lowest BCUT2D eigenvalue weighted by Gasteiger charge is -2.11. The van der Waals surface area contributed by atoms with Crippen molar-refractivity contribution in [3.05, 3.63) is 59.7 Å². The van der Waals surface area contributed by atoms with Crippen LogP contribution in [0, 0.1) is 0 Å². The number of hydrogen-bond acceptors (Lipinski definition) is 5. The SMILES string of the molecule is CCCCCCOc1ccc(C(=O)NC(=S)Nc2ccc(C(=O)NCCCOC)cc2)cc1. The molecule has 33 heavy (non-hydrogen) atoms. The van der Waals surface area contributed by atoms with Crippen molar-refractivity contribution in [2.45, 2.75) is 39.0 Å². The maximum atomic E-state index is 12.4. The molecule has 0 spiro atoms. The minimum atomic E-state index is -0.311. The first-order chi connectivity index (χ1) is 16.0. The molecule has 0 saturated carbocycles. The predicted molar refractivity (Wildman–Crippen MR) is 135 cm³/mol. The van der Waals surface area contributed by atoms with E-state index in [-0.39, 0.29) is 16.9 Å². The fourth-order valence-electron chi connectivity index (χ4n) is 2.98. The Morgan fingerprint density at radius 1 is 0.848 bits per heavy atom. The van der Waals surface area contributed by atoms with Crippen LogP contribution in [0.4, 0.5) is 5.69 Å². The van der Waals surface area contributed by atoms with E-state index in [1.165, 1.54) is 12.8 Å². The molecule has 2 aromatic carbocycles. The second-order valence-electron chi connectivity index (χ2n) is 7.52. The molecule has 178 valence electrons. The van der Waals surface area contributed by atoms with Crippen molar-refractivity contribution in [1.82, 2.24) is 10.6 Å². The monoisotopic (exact) mass is 471 g/mol. The van der Waals surface area contributed by atoms with Gasteiger partial charge in [0.05, 0.1) is 6.61 Å².